The molecular weight excluding hydrogens is 390 g/mol. The fraction of sp³-hybridized carbons (Fsp3) is 0.238. The minimum atomic E-state index is -0.432. The molecule has 0 radical (unpaired) electrons. The maximum Gasteiger partial charge on any atom is 0.296 e. The second-order valence-electron chi connectivity index (χ2n) is 6.59. The Hall–Kier alpha value is -3.26. The molecule has 8 heteroatoms. The van der Waals surface area contributed by atoms with Gasteiger partial charge in [0.1, 0.15) is 27.5 Å². The zero-order chi connectivity index (χ0) is 20.4. The smallest absolute Gasteiger partial charge is 0.296 e. The summed E-state index contributed by atoms with van der Waals surface area (Å²) in [4.78, 5) is 29.4. The zero-order valence-corrected chi connectivity index (χ0v) is 16.9. The zero-order valence-electron chi connectivity index (χ0n) is 16.0. The second kappa shape index (κ2) is 8.00. The lowest BCUT2D eigenvalue weighted by Gasteiger charge is -2.05. The maximum atomic E-state index is 12.7. The minimum Gasteiger partial charge on any atom is -0.494 e. The lowest BCUT2D eigenvalue weighted by Crippen LogP contribution is -2.28. The number of aryl methyl sites for hydroxylation is 1. The number of benzene rings is 1. The number of thiazole rings is 1. The van der Waals surface area contributed by atoms with Gasteiger partial charge in [-0.25, -0.2) is 0 Å². The average molecular weight is 409 g/mol. The summed E-state index contributed by atoms with van der Waals surface area (Å²) in [5, 5.41) is 4.27. The van der Waals surface area contributed by atoms with Gasteiger partial charge in [-0.3, -0.25) is 9.59 Å². The fourth-order valence-electron chi connectivity index (χ4n) is 2.83. The normalized spacial score (nSPS) is 12.0. The molecule has 0 aliphatic carbocycles. The molecule has 0 spiro atoms. The van der Waals surface area contributed by atoms with Gasteiger partial charge in [-0.1, -0.05) is 30.4 Å². The molecule has 0 amide bonds. The molecule has 0 saturated heterocycles. The molecule has 0 fully saturated rings. The number of nitrogens with zero attached hydrogens (tertiary/aromatic N) is 3. The second-order valence-corrected chi connectivity index (χ2v) is 7.60. The molecule has 0 N–H and O–H groups in total. The predicted octanol–water partition coefficient (Wildman–Crippen LogP) is 2.34. The first kappa shape index (κ1) is 19.1. The predicted molar refractivity (Wildman–Crippen MR) is 111 cm³/mol. The van der Waals surface area contributed by atoms with Crippen LogP contribution in [0.2, 0.25) is 0 Å². The van der Waals surface area contributed by atoms with E-state index in [4.69, 9.17) is 9.15 Å². The van der Waals surface area contributed by atoms with Crippen LogP contribution in [0, 0.1) is 6.92 Å². The van der Waals surface area contributed by atoms with Crippen LogP contribution in [0.25, 0.3) is 11.0 Å². The lowest BCUT2D eigenvalue weighted by molar-refractivity contribution is 0.317. The van der Waals surface area contributed by atoms with Gasteiger partial charge >= 0.3 is 0 Å². The molecule has 29 heavy (non-hydrogen) atoms. The Balaban J connectivity index is 1.66. The topological polar surface area (TPSA) is 86.7 Å². The van der Waals surface area contributed by atoms with E-state index in [0.717, 1.165) is 34.8 Å². The van der Waals surface area contributed by atoms with Gasteiger partial charge in [0.25, 0.3) is 11.1 Å². The number of hydrogen-bond acceptors (Lipinski definition) is 7. The molecule has 3 aromatic heterocycles. The third kappa shape index (κ3) is 4.12. The van der Waals surface area contributed by atoms with Crippen LogP contribution in [0.15, 0.2) is 50.4 Å². The average Bonchev–Trinajstić information content (AvgIpc) is 3.25. The van der Waals surface area contributed by atoms with E-state index >= 15 is 0 Å². The summed E-state index contributed by atoms with van der Waals surface area (Å²) in [7, 11) is 0. The number of furan rings is 1. The summed E-state index contributed by atoms with van der Waals surface area (Å²) in [5.74, 6) is 2.10. The Bertz CT molecular complexity index is 1320. The molecule has 7 nitrogen and oxygen atoms in total. The van der Waals surface area contributed by atoms with Crippen LogP contribution in [0.1, 0.15) is 36.1 Å². The van der Waals surface area contributed by atoms with E-state index in [1.165, 1.54) is 4.52 Å². The van der Waals surface area contributed by atoms with E-state index in [1.807, 2.05) is 44.2 Å². The Morgan fingerprint density at radius 2 is 1.97 bits per heavy atom. The molecule has 0 unspecified atom stereocenters. The minimum absolute atomic E-state index is 0.222. The highest BCUT2D eigenvalue weighted by Gasteiger charge is 2.12. The Morgan fingerprint density at radius 1 is 1.17 bits per heavy atom. The molecular formula is C21H19N3O4S. The van der Waals surface area contributed by atoms with Gasteiger partial charge in [0, 0.05) is 12.5 Å². The van der Waals surface area contributed by atoms with E-state index in [2.05, 4.69) is 10.1 Å². The summed E-state index contributed by atoms with van der Waals surface area (Å²) >= 11 is 1.11. The number of fused-ring (bicyclic) bond motifs is 1. The Morgan fingerprint density at radius 3 is 2.66 bits per heavy atom. The highest BCUT2D eigenvalue weighted by molar-refractivity contribution is 7.15. The highest BCUT2D eigenvalue weighted by Crippen LogP contribution is 2.14. The van der Waals surface area contributed by atoms with Crippen LogP contribution in [-0.2, 0) is 6.42 Å². The number of aromatic nitrogens is 3. The van der Waals surface area contributed by atoms with Gasteiger partial charge in [-0.2, -0.15) is 14.6 Å². The van der Waals surface area contributed by atoms with E-state index in [-0.39, 0.29) is 22.6 Å². The molecule has 0 aliphatic heterocycles. The number of hydrogen-bond donors (Lipinski definition) is 0. The molecule has 0 aliphatic rings. The first-order valence-corrected chi connectivity index (χ1v) is 10.1. The van der Waals surface area contributed by atoms with Crippen LogP contribution in [0.4, 0.5) is 0 Å². The van der Waals surface area contributed by atoms with Crippen molar-refractivity contribution in [2.75, 3.05) is 6.61 Å². The van der Waals surface area contributed by atoms with Crippen LogP contribution in [0.5, 0.6) is 5.75 Å². The highest BCUT2D eigenvalue weighted by atomic mass is 32.1. The Labute approximate surface area is 169 Å². The summed E-state index contributed by atoms with van der Waals surface area (Å²) < 4.78 is 12.6. The van der Waals surface area contributed by atoms with E-state index < -0.39 is 5.56 Å². The van der Waals surface area contributed by atoms with Crippen molar-refractivity contribution in [2.45, 2.75) is 26.7 Å². The van der Waals surface area contributed by atoms with Crippen molar-refractivity contribution in [3.05, 3.63) is 84.4 Å². The van der Waals surface area contributed by atoms with E-state index in [9.17, 15) is 9.59 Å². The third-order valence-corrected chi connectivity index (χ3v) is 5.21. The van der Waals surface area contributed by atoms with Gasteiger partial charge in [0.15, 0.2) is 0 Å². The van der Waals surface area contributed by atoms with Crippen molar-refractivity contribution in [3.63, 3.8) is 0 Å². The molecule has 3 heterocycles. The molecule has 1 aromatic carbocycles. The first-order valence-electron chi connectivity index (χ1n) is 9.26. The number of ether oxygens (including phenoxy) is 1. The van der Waals surface area contributed by atoms with Crippen molar-refractivity contribution >= 4 is 22.4 Å². The summed E-state index contributed by atoms with van der Waals surface area (Å²) in [6, 6.07) is 11.1. The molecule has 0 bridgehead atoms. The quantitative estimate of drug-likeness (QED) is 0.486. The van der Waals surface area contributed by atoms with Gasteiger partial charge in [-0.05, 0) is 43.2 Å². The van der Waals surface area contributed by atoms with Crippen molar-refractivity contribution < 1.29 is 9.15 Å². The van der Waals surface area contributed by atoms with Gasteiger partial charge in [0.2, 0.25) is 4.96 Å². The molecule has 4 rings (SSSR count). The summed E-state index contributed by atoms with van der Waals surface area (Å²) in [6.45, 7) is 4.53. The molecule has 0 atom stereocenters. The number of rotatable bonds is 6. The van der Waals surface area contributed by atoms with Gasteiger partial charge < -0.3 is 9.15 Å². The molecule has 4 aromatic rings. The van der Waals surface area contributed by atoms with Crippen molar-refractivity contribution in [1.82, 2.24) is 14.6 Å². The van der Waals surface area contributed by atoms with E-state index in [1.54, 1.807) is 12.1 Å². The molecule has 148 valence electrons. The van der Waals surface area contributed by atoms with Gasteiger partial charge in [0.05, 0.1) is 6.61 Å². The lowest BCUT2D eigenvalue weighted by atomic mass is 10.1. The van der Waals surface area contributed by atoms with Crippen molar-refractivity contribution in [2.24, 2.45) is 0 Å². The monoisotopic (exact) mass is 409 g/mol. The van der Waals surface area contributed by atoms with E-state index in [0.29, 0.717) is 16.9 Å². The van der Waals surface area contributed by atoms with Crippen LogP contribution >= 0.6 is 11.3 Å². The largest absolute Gasteiger partial charge is 0.494 e. The summed E-state index contributed by atoms with van der Waals surface area (Å²) in [6.07, 6.45) is 2.86. The van der Waals surface area contributed by atoms with Gasteiger partial charge in [-0.15, -0.1) is 0 Å². The summed E-state index contributed by atoms with van der Waals surface area (Å²) in [5.41, 5.74) is 0.356. The maximum absolute atomic E-state index is 12.7. The standard InChI is InChI=1S/C21H19N3O4S/c1-3-10-27-15-8-5-14(6-9-15)11-17-19(25)22-21-24(23-17)20(26)18(29-21)12-16-7-4-13(2)28-16/h4-9,12H,3,10-11H2,1-2H3. The fourth-order valence-corrected chi connectivity index (χ4v) is 3.71. The SMILES string of the molecule is CCCOc1ccc(Cc2nn3c(=O)c(=Cc4ccc(C)o4)sc3nc2=O)cc1. The van der Waals surface area contributed by atoms with Crippen LogP contribution in [-0.4, -0.2) is 21.2 Å². The molecule has 0 saturated carbocycles. The Kier molecular flexibility index (Phi) is 5.26. The van der Waals surface area contributed by atoms with Crippen molar-refractivity contribution in [1.29, 1.82) is 0 Å². The van der Waals surface area contributed by atoms with Crippen LogP contribution in [0.3, 0.4) is 0 Å². The first-order chi connectivity index (χ1) is 14.0. The van der Waals surface area contributed by atoms with Crippen molar-refractivity contribution in [3.8, 4) is 5.75 Å². The third-order valence-electron chi connectivity index (χ3n) is 4.25. The van der Waals surface area contributed by atoms with Crippen LogP contribution < -0.4 is 20.4 Å².